The first-order valence-electron chi connectivity index (χ1n) is 10.9. The third-order valence-corrected chi connectivity index (χ3v) is 6.65. The third-order valence-electron chi connectivity index (χ3n) is 6.42. The normalized spacial score (nSPS) is 20.9. The maximum atomic E-state index is 14.8. The summed E-state index contributed by atoms with van der Waals surface area (Å²) in [4.78, 5) is 43.8. The SMILES string of the molecule is Cc1cc2c(C(N)=O)nn(CC(=O)N3[C@@H]4C[C@@H]4C[C@H]3C(=O)N(F)Cc3cccc(Cl)c3)c2cn1. The highest BCUT2D eigenvalue weighted by molar-refractivity contribution is 6.30. The molecule has 1 aliphatic heterocycles. The number of benzene rings is 1. The standard InChI is InChI=1S/C23H22ClFN6O3/c1-12-5-16-19(9-27-12)30(28-21(16)22(26)33)11-20(32)31-17-7-14(17)8-18(31)23(34)29(25)10-13-3-2-4-15(24)6-13/h2-6,9,14,17-18H,7-8,10-11H2,1H3,(H2,26,33)/t14-,17-,18+/m1/s1. The van der Waals surface area contributed by atoms with E-state index in [0.29, 0.717) is 33.6 Å². The van der Waals surface area contributed by atoms with Crippen LogP contribution in [0.4, 0.5) is 4.48 Å². The van der Waals surface area contributed by atoms with Crippen LogP contribution in [-0.4, -0.2) is 54.6 Å². The van der Waals surface area contributed by atoms with Crippen LogP contribution in [0.5, 0.6) is 0 Å². The number of piperidine rings is 1. The number of aromatic nitrogens is 3. The Morgan fingerprint density at radius 2 is 2.06 bits per heavy atom. The summed E-state index contributed by atoms with van der Waals surface area (Å²) >= 11 is 5.95. The number of carbonyl (C=O) groups is 3. The van der Waals surface area contributed by atoms with Gasteiger partial charge in [0.25, 0.3) is 11.8 Å². The molecule has 1 saturated carbocycles. The van der Waals surface area contributed by atoms with Crippen molar-refractivity contribution in [2.75, 3.05) is 0 Å². The van der Waals surface area contributed by atoms with Gasteiger partial charge < -0.3 is 10.6 Å². The fraction of sp³-hybridized carbons (Fsp3) is 0.348. The van der Waals surface area contributed by atoms with Crippen LogP contribution in [-0.2, 0) is 22.7 Å². The molecule has 0 unspecified atom stereocenters. The van der Waals surface area contributed by atoms with Crippen molar-refractivity contribution >= 4 is 40.2 Å². The van der Waals surface area contributed by atoms with Crippen LogP contribution >= 0.6 is 11.6 Å². The second-order valence-electron chi connectivity index (χ2n) is 8.82. The molecule has 3 heterocycles. The largest absolute Gasteiger partial charge is 0.364 e. The van der Waals surface area contributed by atoms with Gasteiger partial charge in [-0.2, -0.15) is 10.2 Å². The van der Waals surface area contributed by atoms with Crippen LogP contribution < -0.4 is 5.73 Å². The van der Waals surface area contributed by atoms with Crippen molar-refractivity contribution in [3.63, 3.8) is 0 Å². The van der Waals surface area contributed by atoms with Crippen LogP contribution in [0.3, 0.4) is 0 Å². The Morgan fingerprint density at radius 3 is 2.79 bits per heavy atom. The highest BCUT2D eigenvalue weighted by Gasteiger charge is 2.56. The molecule has 176 valence electrons. The molecule has 2 aliphatic rings. The summed E-state index contributed by atoms with van der Waals surface area (Å²) in [5.74, 6) is -1.67. The lowest BCUT2D eigenvalue weighted by Gasteiger charge is -2.28. The van der Waals surface area contributed by atoms with E-state index >= 15 is 0 Å². The van der Waals surface area contributed by atoms with Gasteiger partial charge in [-0.25, -0.2) is 0 Å². The first-order chi connectivity index (χ1) is 16.2. The maximum Gasteiger partial charge on any atom is 0.273 e. The highest BCUT2D eigenvalue weighted by Crippen LogP contribution is 2.48. The minimum absolute atomic E-state index is 0.0445. The zero-order valence-electron chi connectivity index (χ0n) is 18.3. The Balaban J connectivity index is 1.36. The predicted octanol–water partition coefficient (Wildman–Crippen LogP) is 2.39. The number of nitrogens with two attached hydrogens (primary N) is 1. The van der Waals surface area contributed by atoms with E-state index in [0.717, 1.165) is 6.42 Å². The number of rotatable bonds is 6. The monoisotopic (exact) mass is 484 g/mol. The Hall–Kier alpha value is -3.53. The van der Waals surface area contributed by atoms with Crippen LogP contribution in [0.2, 0.25) is 5.02 Å². The molecule has 1 aromatic carbocycles. The molecule has 5 rings (SSSR count). The molecule has 2 aromatic heterocycles. The molecule has 3 amide bonds. The van der Waals surface area contributed by atoms with Gasteiger partial charge in [0.15, 0.2) is 5.69 Å². The molecule has 1 saturated heterocycles. The molecular weight excluding hydrogens is 463 g/mol. The maximum absolute atomic E-state index is 14.8. The number of likely N-dealkylation sites (tertiary alicyclic amines) is 1. The molecule has 3 aromatic rings. The minimum atomic E-state index is -0.891. The lowest BCUT2D eigenvalue weighted by Crippen LogP contribution is -2.48. The number of amides is 3. The van der Waals surface area contributed by atoms with Gasteiger partial charge in [-0.3, -0.25) is 24.0 Å². The zero-order chi connectivity index (χ0) is 24.1. The van der Waals surface area contributed by atoms with Crippen molar-refractivity contribution < 1.29 is 18.9 Å². The van der Waals surface area contributed by atoms with Crippen molar-refractivity contribution in [1.82, 2.24) is 24.8 Å². The van der Waals surface area contributed by atoms with Gasteiger partial charge in [-0.05, 0) is 49.4 Å². The van der Waals surface area contributed by atoms with Crippen molar-refractivity contribution in [3.8, 4) is 0 Å². The Kier molecular flexibility index (Phi) is 5.47. The van der Waals surface area contributed by atoms with E-state index in [1.165, 1.54) is 15.8 Å². The Bertz CT molecular complexity index is 1330. The minimum Gasteiger partial charge on any atom is -0.364 e. The number of primary amides is 1. The quantitative estimate of drug-likeness (QED) is 0.539. The van der Waals surface area contributed by atoms with Gasteiger partial charge in [0.05, 0.1) is 18.3 Å². The first kappa shape index (κ1) is 22.3. The number of hydrogen-bond acceptors (Lipinski definition) is 5. The lowest BCUT2D eigenvalue weighted by molar-refractivity contribution is -0.157. The second kappa shape index (κ2) is 8.35. The summed E-state index contributed by atoms with van der Waals surface area (Å²) in [6, 6.07) is 7.30. The van der Waals surface area contributed by atoms with Crippen LogP contribution in [0.1, 0.15) is 34.6 Å². The van der Waals surface area contributed by atoms with Gasteiger partial charge in [0.2, 0.25) is 5.91 Å². The van der Waals surface area contributed by atoms with Gasteiger partial charge in [0.1, 0.15) is 12.6 Å². The molecule has 3 atom stereocenters. The van der Waals surface area contributed by atoms with Crippen molar-refractivity contribution in [2.45, 2.75) is 44.9 Å². The molecule has 11 heteroatoms. The molecule has 2 N–H and O–H groups in total. The number of hydrogen-bond donors (Lipinski definition) is 1. The van der Waals surface area contributed by atoms with Gasteiger partial charge in [-0.1, -0.05) is 28.2 Å². The van der Waals surface area contributed by atoms with Gasteiger partial charge in [0, 0.05) is 22.1 Å². The molecule has 0 radical (unpaired) electrons. The summed E-state index contributed by atoms with van der Waals surface area (Å²) in [7, 11) is 0. The summed E-state index contributed by atoms with van der Waals surface area (Å²) in [5, 5.41) is 5.31. The fourth-order valence-electron chi connectivity index (χ4n) is 4.76. The molecule has 0 spiro atoms. The van der Waals surface area contributed by atoms with Crippen LogP contribution in [0.15, 0.2) is 36.5 Å². The summed E-state index contributed by atoms with van der Waals surface area (Å²) in [6.07, 6.45) is 2.72. The molecule has 9 nitrogen and oxygen atoms in total. The summed E-state index contributed by atoms with van der Waals surface area (Å²) < 4.78 is 16.2. The van der Waals surface area contributed by atoms with E-state index < -0.39 is 17.9 Å². The van der Waals surface area contributed by atoms with E-state index in [4.69, 9.17) is 17.3 Å². The second-order valence-corrected chi connectivity index (χ2v) is 9.25. The molecule has 34 heavy (non-hydrogen) atoms. The number of fused-ring (bicyclic) bond motifs is 2. The third kappa shape index (κ3) is 3.98. The first-order valence-corrected chi connectivity index (χ1v) is 11.3. The molecular formula is C23H22ClFN6O3. The fourth-order valence-corrected chi connectivity index (χ4v) is 4.97. The lowest BCUT2D eigenvalue weighted by atomic mass is 10.1. The Labute approximate surface area is 199 Å². The predicted molar refractivity (Wildman–Crippen MR) is 121 cm³/mol. The van der Waals surface area contributed by atoms with Gasteiger partial charge >= 0.3 is 0 Å². The van der Waals surface area contributed by atoms with E-state index in [2.05, 4.69) is 10.1 Å². The summed E-state index contributed by atoms with van der Waals surface area (Å²) in [6.45, 7) is 1.29. The van der Waals surface area contributed by atoms with Crippen LogP contribution in [0.25, 0.3) is 10.9 Å². The highest BCUT2D eigenvalue weighted by atomic mass is 35.5. The smallest absolute Gasteiger partial charge is 0.273 e. The van der Waals surface area contributed by atoms with Crippen LogP contribution in [0, 0.1) is 12.8 Å². The molecule has 1 aliphatic carbocycles. The number of aryl methyl sites for hydroxylation is 1. The Morgan fingerprint density at radius 1 is 1.26 bits per heavy atom. The number of nitrogens with zero attached hydrogens (tertiary/aromatic N) is 5. The molecule has 0 bridgehead atoms. The molecule has 2 fully saturated rings. The average molecular weight is 485 g/mol. The number of pyridine rings is 1. The number of halogens is 2. The summed E-state index contributed by atoms with van der Waals surface area (Å²) in [5.41, 5.74) is 7.21. The van der Waals surface area contributed by atoms with E-state index in [1.54, 1.807) is 37.3 Å². The van der Waals surface area contributed by atoms with E-state index in [1.807, 2.05) is 0 Å². The van der Waals surface area contributed by atoms with Gasteiger partial charge in [-0.15, -0.1) is 0 Å². The van der Waals surface area contributed by atoms with Crippen molar-refractivity contribution in [2.24, 2.45) is 11.7 Å². The average Bonchev–Trinajstić information content (AvgIpc) is 3.30. The number of carbonyl (C=O) groups excluding carboxylic acids is 3. The van der Waals surface area contributed by atoms with Crippen molar-refractivity contribution in [1.29, 1.82) is 0 Å². The zero-order valence-corrected chi connectivity index (χ0v) is 19.1. The van der Waals surface area contributed by atoms with Crippen molar-refractivity contribution in [3.05, 3.63) is 58.5 Å². The van der Waals surface area contributed by atoms with E-state index in [-0.39, 0.29) is 41.8 Å². The topological polar surface area (TPSA) is 114 Å². The van der Waals surface area contributed by atoms with E-state index in [9.17, 15) is 18.9 Å².